The Labute approximate surface area is 174 Å². The van der Waals surface area contributed by atoms with Gasteiger partial charge in [-0.2, -0.15) is 0 Å². The summed E-state index contributed by atoms with van der Waals surface area (Å²) in [6, 6.07) is 13.2. The molecule has 0 spiro atoms. The van der Waals surface area contributed by atoms with Gasteiger partial charge in [-0.05, 0) is 40.9 Å². The number of benzene rings is 2. The lowest BCUT2D eigenvalue weighted by atomic mass is 10.0. The second-order valence-corrected chi connectivity index (χ2v) is 7.57. The molecule has 2 aromatic carbocycles. The molecular formula is C20H16BrClN4O2. The lowest BCUT2D eigenvalue weighted by molar-refractivity contribution is 0.287. The van der Waals surface area contributed by atoms with Crippen LogP contribution in [0.4, 0.5) is 0 Å². The molecule has 1 aliphatic rings. The molecule has 0 atom stereocenters. The number of halogens is 2. The predicted molar refractivity (Wildman–Crippen MR) is 112 cm³/mol. The molecule has 3 aromatic rings. The van der Waals surface area contributed by atoms with Gasteiger partial charge in [0.1, 0.15) is 12.2 Å². The average molecular weight is 460 g/mol. The zero-order chi connectivity index (χ0) is 19.7. The Hall–Kier alpha value is -2.35. The van der Waals surface area contributed by atoms with E-state index >= 15 is 0 Å². The van der Waals surface area contributed by atoms with E-state index in [4.69, 9.17) is 21.7 Å². The summed E-state index contributed by atoms with van der Waals surface area (Å²) in [7, 11) is 0. The van der Waals surface area contributed by atoms with Crippen LogP contribution in [0.3, 0.4) is 0 Å². The number of rotatable bonds is 4. The Kier molecular flexibility index (Phi) is 5.39. The first kappa shape index (κ1) is 19.0. The highest BCUT2D eigenvalue weighted by atomic mass is 79.9. The minimum atomic E-state index is -0.248. The topological polar surface area (TPSA) is 80.4 Å². The summed E-state index contributed by atoms with van der Waals surface area (Å²) < 4.78 is 2.31. The van der Waals surface area contributed by atoms with Crippen LogP contribution in [0.1, 0.15) is 29.1 Å². The van der Waals surface area contributed by atoms with Gasteiger partial charge in [-0.15, -0.1) is 10.2 Å². The molecule has 0 saturated carbocycles. The Morgan fingerprint density at radius 2 is 1.89 bits per heavy atom. The Bertz CT molecular complexity index is 1140. The second-order valence-electron chi connectivity index (χ2n) is 6.31. The molecule has 1 aromatic heterocycles. The summed E-state index contributed by atoms with van der Waals surface area (Å²) in [5.74, 6) is 0.452. The average Bonchev–Trinajstić information content (AvgIpc) is 2.86. The van der Waals surface area contributed by atoms with Crippen LogP contribution in [-0.4, -0.2) is 32.2 Å². The summed E-state index contributed by atoms with van der Waals surface area (Å²) in [5, 5.41) is 18.0. The maximum absolute atomic E-state index is 13.2. The number of hydrogen-bond donors (Lipinski definition) is 1. The number of para-hydroxylation sites is 1. The second kappa shape index (κ2) is 7.95. The van der Waals surface area contributed by atoms with Crippen LogP contribution in [0.25, 0.3) is 5.69 Å². The van der Waals surface area contributed by atoms with Crippen LogP contribution in [0.5, 0.6) is 0 Å². The molecule has 0 bridgehead atoms. The standard InChI is InChI=1S/C20H16BrClN4O2/c21-14-7-3-6-13-18(12-5-1-2-8-15(12)22)23-11-17-25-24-16(9-4-10-27)20(28)26(17)19(13)14/h1-3,5-8,27H,4,9-11H2. The molecule has 1 N–H and O–H groups in total. The van der Waals surface area contributed by atoms with Crippen molar-refractivity contribution in [2.75, 3.05) is 6.61 Å². The molecule has 2 heterocycles. The highest BCUT2D eigenvalue weighted by Gasteiger charge is 2.25. The Morgan fingerprint density at radius 3 is 2.68 bits per heavy atom. The van der Waals surface area contributed by atoms with E-state index in [1.807, 2.05) is 42.5 Å². The summed E-state index contributed by atoms with van der Waals surface area (Å²) >= 11 is 10.0. The lowest BCUT2D eigenvalue weighted by Gasteiger charge is -2.15. The third kappa shape index (κ3) is 3.30. The molecule has 6 nitrogen and oxygen atoms in total. The van der Waals surface area contributed by atoms with E-state index < -0.39 is 0 Å². The fraction of sp³-hybridized carbons (Fsp3) is 0.200. The fourth-order valence-electron chi connectivity index (χ4n) is 3.24. The third-order valence-electron chi connectivity index (χ3n) is 4.54. The summed E-state index contributed by atoms with van der Waals surface area (Å²) in [6.45, 7) is 0.188. The van der Waals surface area contributed by atoms with Gasteiger partial charge in [-0.1, -0.05) is 41.9 Å². The van der Waals surface area contributed by atoms with Crippen LogP contribution in [-0.2, 0) is 13.0 Å². The van der Waals surface area contributed by atoms with Crippen molar-refractivity contribution in [3.05, 3.63) is 85.0 Å². The molecule has 8 heteroatoms. The van der Waals surface area contributed by atoms with E-state index in [-0.39, 0.29) is 18.7 Å². The maximum atomic E-state index is 13.2. The number of fused-ring (bicyclic) bond motifs is 3. The molecular weight excluding hydrogens is 444 g/mol. The van der Waals surface area contributed by atoms with Crippen LogP contribution in [0.15, 0.2) is 56.7 Å². The fourth-order valence-corrected chi connectivity index (χ4v) is 4.01. The van der Waals surface area contributed by atoms with Crippen molar-refractivity contribution >= 4 is 33.2 Å². The first-order valence-corrected chi connectivity index (χ1v) is 9.96. The van der Waals surface area contributed by atoms with Crippen molar-refractivity contribution in [1.29, 1.82) is 0 Å². The summed E-state index contributed by atoms with van der Waals surface area (Å²) in [6.07, 6.45) is 0.814. The number of aromatic nitrogens is 3. The van der Waals surface area contributed by atoms with Gasteiger partial charge in [0.15, 0.2) is 5.82 Å². The highest BCUT2D eigenvalue weighted by Crippen LogP contribution is 2.31. The van der Waals surface area contributed by atoms with E-state index in [1.165, 1.54) is 0 Å². The van der Waals surface area contributed by atoms with Gasteiger partial charge in [0.25, 0.3) is 5.56 Å². The maximum Gasteiger partial charge on any atom is 0.280 e. The number of nitrogens with zero attached hydrogens (tertiary/aromatic N) is 4. The number of aliphatic hydroxyl groups is 1. The minimum Gasteiger partial charge on any atom is -0.396 e. The van der Waals surface area contributed by atoms with E-state index in [2.05, 4.69) is 26.1 Å². The predicted octanol–water partition coefficient (Wildman–Crippen LogP) is 3.32. The van der Waals surface area contributed by atoms with Crippen molar-refractivity contribution in [2.45, 2.75) is 19.4 Å². The zero-order valence-corrected chi connectivity index (χ0v) is 17.1. The van der Waals surface area contributed by atoms with Gasteiger partial charge in [-0.3, -0.25) is 14.4 Å². The van der Waals surface area contributed by atoms with Crippen molar-refractivity contribution in [1.82, 2.24) is 14.8 Å². The number of aliphatic imine (C=N–C) groups is 1. The number of aliphatic hydroxyl groups excluding tert-OH is 1. The summed E-state index contributed by atoms with van der Waals surface area (Å²) in [5.41, 5.74) is 3.01. The van der Waals surface area contributed by atoms with Crippen LogP contribution in [0.2, 0.25) is 5.02 Å². The van der Waals surface area contributed by atoms with E-state index in [0.29, 0.717) is 40.8 Å². The molecule has 4 rings (SSSR count). The van der Waals surface area contributed by atoms with Crippen LogP contribution in [0, 0.1) is 0 Å². The van der Waals surface area contributed by atoms with Crippen LogP contribution >= 0.6 is 27.5 Å². The van der Waals surface area contributed by atoms with E-state index in [9.17, 15) is 4.79 Å². The molecule has 142 valence electrons. The SMILES string of the molecule is O=c1c(CCCO)nnc2n1-c1c(Br)cccc1C(c1ccccc1Cl)=NC2. The van der Waals surface area contributed by atoms with Gasteiger partial charge in [0.2, 0.25) is 0 Å². The van der Waals surface area contributed by atoms with Gasteiger partial charge in [0, 0.05) is 27.2 Å². The van der Waals surface area contributed by atoms with Crippen molar-refractivity contribution in [3.8, 4) is 5.69 Å². The Morgan fingerprint density at radius 1 is 1.11 bits per heavy atom. The van der Waals surface area contributed by atoms with E-state index in [0.717, 1.165) is 15.6 Å². The number of hydrogen-bond acceptors (Lipinski definition) is 5. The molecule has 0 saturated heterocycles. The first-order valence-electron chi connectivity index (χ1n) is 8.78. The molecule has 1 aliphatic heterocycles. The molecule has 0 amide bonds. The monoisotopic (exact) mass is 458 g/mol. The summed E-state index contributed by atoms with van der Waals surface area (Å²) in [4.78, 5) is 17.9. The largest absolute Gasteiger partial charge is 0.396 e. The normalized spacial score (nSPS) is 12.8. The minimum absolute atomic E-state index is 0.0110. The molecule has 0 aliphatic carbocycles. The van der Waals surface area contributed by atoms with Crippen molar-refractivity contribution in [2.24, 2.45) is 4.99 Å². The molecule has 28 heavy (non-hydrogen) atoms. The van der Waals surface area contributed by atoms with Crippen molar-refractivity contribution in [3.63, 3.8) is 0 Å². The van der Waals surface area contributed by atoms with Gasteiger partial charge in [0.05, 0.1) is 11.4 Å². The zero-order valence-electron chi connectivity index (χ0n) is 14.8. The molecule has 0 radical (unpaired) electrons. The Balaban J connectivity index is 1.99. The quantitative estimate of drug-likeness (QED) is 0.649. The van der Waals surface area contributed by atoms with Crippen LogP contribution < -0.4 is 5.56 Å². The van der Waals surface area contributed by atoms with Crippen molar-refractivity contribution < 1.29 is 5.11 Å². The van der Waals surface area contributed by atoms with Gasteiger partial charge < -0.3 is 5.11 Å². The van der Waals surface area contributed by atoms with E-state index in [1.54, 1.807) is 4.57 Å². The van der Waals surface area contributed by atoms with Gasteiger partial charge in [-0.25, -0.2) is 0 Å². The number of aryl methyl sites for hydroxylation is 1. The third-order valence-corrected chi connectivity index (χ3v) is 5.51. The molecule has 0 unspecified atom stereocenters. The first-order chi connectivity index (χ1) is 13.6. The molecule has 0 fully saturated rings. The smallest absolute Gasteiger partial charge is 0.280 e. The van der Waals surface area contributed by atoms with Gasteiger partial charge >= 0.3 is 0 Å². The highest BCUT2D eigenvalue weighted by molar-refractivity contribution is 9.10. The lowest BCUT2D eigenvalue weighted by Crippen LogP contribution is -2.29.